The summed E-state index contributed by atoms with van der Waals surface area (Å²) < 4.78 is 68.3. The van der Waals surface area contributed by atoms with Crippen LogP contribution in [0.4, 0.5) is 0 Å². The van der Waals surface area contributed by atoms with Crippen LogP contribution in [0.25, 0.3) is 65.3 Å². The fourth-order valence-corrected chi connectivity index (χ4v) is 15.0. The Balaban J connectivity index is 0.000000128. The van der Waals surface area contributed by atoms with Crippen molar-refractivity contribution in [1.82, 2.24) is 0 Å². The highest BCUT2D eigenvalue weighted by Gasteiger charge is 2.32. The van der Waals surface area contributed by atoms with Gasteiger partial charge in [-0.25, -0.2) is 0 Å². The van der Waals surface area contributed by atoms with E-state index in [2.05, 4.69) is 253 Å². The van der Waals surface area contributed by atoms with E-state index in [9.17, 15) is 0 Å². The molecule has 6 saturated heterocycles. The quantitative estimate of drug-likeness (QED) is 0.0422. The zero-order valence-electron chi connectivity index (χ0n) is 56.6. The van der Waals surface area contributed by atoms with Gasteiger partial charge < -0.3 is 56.8 Å². The first kappa shape index (κ1) is 71.6. The predicted octanol–water partition coefficient (Wildman–Crippen LogP) is 14.0. The van der Waals surface area contributed by atoms with E-state index in [1.165, 1.54) is 54.9 Å². The highest BCUT2D eigenvalue weighted by molar-refractivity contribution is 7.29. The summed E-state index contributed by atoms with van der Waals surface area (Å²) in [5.74, 6) is 5.32. The summed E-state index contributed by atoms with van der Waals surface area (Å²) in [6.45, 7) is 17.4. The third-order valence-corrected chi connectivity index (χ3v) is 22.4. The molecule has 0 saturated carbocycles. The van der Waals surface area contributed by atoms with Crippen LogP contribution in [0.5, 0.6) is 34.5 Å². The van der Waals surface area contributed by atoms with Crippen LogP contribution in [0.1, 0.15) is 57.4 Å². The lowest BCUT2D eigenvalue weighted by Gasteiger charge is -2.30. The minimum Gasteiger partial charge on any atom is -0.490 e. The molecule has 11 aromatic rings. The second-order valence-electron chi connectivity index (χ2n) is 27.5. The molecular formula is C83H88O12P6. The molecular weight excluding hydrogens is 1370 g/mol. The Morgan fingerprint density at radius 2 is 0.604 bits per heavy atom. The zero-order valence-corrected chi connectivity index (χ0v) is 63.6. The van der Waals surface area contributed by atoms with Crippen molar-refractivity contribution in [3.05, 3.63) is 204 Å². The molecule has 0 amide bonds. The van der Waals surface area contributed by atoms with Gasteiger partial charge in [-0.1, -0.05) is 156 Å². The first-order chi connectivity index (χ1) is 48.5. The normalized spacial score (nSPS) is 19.1. The van der Waals surface area contributed by atoms with Crippen LogP contribution < -0.4 is 60.2 Å². The van der Waals surface area contributed by atoms with Crippen molar-refractivity contribution in [1.29, 1.82) is 0 Å². The number of fused-ring (bicyclic) bond motifs is 4. The molecule has 6 aliphatic rings. The molecule has 0 bridgehead atoms. The number of hydrogen-bond acceptors (Lipinski definition) is 12. The average molecular weight is 1460 g/mol. The van der Waals surface area contributed by atoms with Gasteiger partial charge in [-0.2, -0.15) is 0 Å². The molecule has 522 valence electrons. The Morgan fingerprint density at radius 3 is 0.941 bits per heavy atom. The van der Waals surface area contributed by atoms with Gasteiger partial charge >= 0.3 is 0 Å². The Labute approximate surface area is 606 Å². The molecule has 6 heterocycles. The van der Waals surface area contributed by atoms with E-state index in [4.69, 9.17) is 56.8 Å². The van der Waals surface area contributed by atoms with Crippen LogP contribution >= 0.6 is 55.4 Å². The molecule has 12 unspecified atom stereocenters. The van der Waals surface area contributed by atoms with E-state index in [1.54, 1.807) is 0 Å². The molecule has 0 aromatic heterocycles. The molecule has 17 rings (SSSR count). The van der Waals surface area contributed by atoms with E-state index in [0.717, 1.165) is 139 Å². The maximum Gasteiger partial charge on any atom is 0.135 e. The number of ether oxygens (including phenoxy) is 12. The first-order valence-electron chi connectivity index (χ1n) is 34.1. The van der Waals surface area contributed by atoms with Crippen molar-refractivity contribution >= 4 is 130 Å². The minimum absolute atomic E-state index is 0. The number of benzene rings is 11. The minimum atomic E-state index is -0.135. The van der Waals surface area contributed by atoms with Crippen molar-refractivity contribution < 1.29 is 56.8 Å². The Kier molecular flexibility index (Phi) is 21.8. The first-order valence-corrected chi connectivity index (χ1v) is 37.6. The highest BCUT2D eigenvalue weighted by Crippen LogP contribution is 2.46. The van der Waals surface area contributed by atoms with Gasteiger partial charge in [-0.05, 0) is 137 Å². The summed E-state index contributed by atoms with van der Waals surface area (Å²) in [6, 6.07) is 64.8. The molecule has 11 aromatic carbocycles. The number of rotatable bonds is 24. The van der Waals surface area contributed by atoms with Gasteiger partial charge in [0.25, 0.3) is 0 Å². The highest BCUT2D eigenvalue weighted by atomic mass is 31.0. The molecule has 12 nitrogen and oxygen atoms in total. The van der Waals surface area contributed by atoms with Crippen molar-refractivity contribution in [2.75, 3.05) is 79.3 Å². The summed E-state index contributed by atoms with van der Waals surface area (Å²) >= 11 is 0. The van der Waals surface area contributed by atoms with Gasteiger partial charge in [0.05, 0.1) is 39.6 Å². The standard InChI is InChI=1S/C30H36O4P2.2C26H24O4P2.CH4/c1-29(2,21-9-11-25(27(35)13-21)33-17-23-15-31-23)19-5-7-20(8-6-19)30(3,4)22-10-12-26(28(36)14-22)34-18-24-16-32-24;31-25-21-5-1-15(9-17(21)3-7-23(25)29-13-19-11-27-19)16-2-6-22-18(10-16)4-8-24(26(22)32)30-14-20-12-28-20;31-21-9-15-5-1-3-7-19(15)23(25(21)29-13-17-11-27-17)24-20-8-4-2-6-16(20)10-22(32)26(24)30-14-18-12-28-18;/h5-14,23-24H,15-18,35-36H2,1-4H3;1-10,19-20H,11-14,31-32H2;1-10,17-18H,11-14,31-32H2;1H4. The van der Waals surface area contributed by atoms with E-state index < -0.39 is 0 Å². The van der Waals surface area contributed by atoms with Crippen molar-refractivity contribution in [2.24, 2.45) is 0 Å². The summed E-state index contributed by atoms with van der Waals surface area (Å²) in [5.41, 5.74) is 9.31. The lowest BCUT2D eigenvalue weighted by molar-refractivity contribution is 0.263. The topological polar surface area (TPSA) is 131 Å². The van der Waals surface area contributed by atoms with E-state index >= 15 is 0 Å². The molecule has 12 atom stereocenters. The van der Waals surface area contributed by atoms with Crippen LogP contribution in [0.3, 0.4) is 0 Å². The fourth-order valence-electron chi connectivity index (χ4n) is 12.6. The Bertz CT molecular complexity index is 4550. The maximum atomic E-state index is 6.40. The van der Waals surface area contributed by atoms with E-state index in [0.29, 0.717) is 39.6 Å². The van der Waals surface area contributed by atoms with Crippen LogP contribution in [0, 0.1) is 0 Å². The largest absolute Gasteiger partial charge is 0.490 e. The van der Waals surface area contributed by atoms with Gasteiger partial charge in [0.15, 0.2) is 0 Å². The molecule has 0 aliphatic carbocycles. The van der Waals surface area contributed by atoms with Crippen LogP contribution in [0.2, 0.25) is 0 Å². The molecule has 6 aliphatic heterocycles. The Morgan fingerprint density at radius 1 is 0.307 bits per heavy atom. The smallest absolute Gasteiger partial charge is 0.135 e. The number of epoxide rings is 6. The third kappa shape index (κ3) is 16.9. The molecule has 0 spiro atoms. The maximum absolute atomic E-state index is 6.40. The Hall–Kier alpha value is -6.40. The second-order valence-corrected chi connectivity index (χ2v) is 31.2. The van der Waals surface area contributed by atoms with Gasteiger partial charge in [-0.3, -0.25) is 0 Å². The van der Waals surface area contributed by atoms with Gasteiger partial charge in [-0.15, -0.1) is 55.4 Å². The summed E-state index contributed by atoms with van der Waals surface area (Å²) in [4.78, 5) is 0. The lowest BCUT2D eigenvalue weighted by Crippen LogP contribution is -2.23. The van der Waals surface area contributed by atoms with Gasteiger partial charge in [0.2, 0.25) is 0 Å². The molecule has 101 heavy (non-hydrogen) atoms. The van der Waals surface area contributed by atoms with Crippen LogP contribution in [-0.2, 0) is 39.3 Å². The lowest BCUT2D eigenvalue weighted by atomic mass is 9.74. The number of hydrogen-bond donors (Lipinski definition) is 0. The van der Waals surface area contributed by atoms with Crippen molar-refractivity contribution in [3.8, 4) is 56.8 Å². The van der Waals surface area contributed by atoms with Crippen molar-refractivity contribution in [3.63, 3.8) is 0 Å². The predicted molar refractivity (Wildman–Crippen MR) is 432 cm³/mol. The SMILES string of the molecule is C.CC(C)(c1ccc(C(C)(C)c2ccc(OCC3CO3)c(P)c2)cc1)c1ccc(OCC2CO2)c(P)c1.Pc1c(OCC2CO2)ccc2cc(-c3ccc4c(P)c(OCC5CO5)ccc4c3)ccc12.Pc1cc2ccccc2c(-c2c(OCC3CO3)c(P)cc3ccccc23)c1OCC1CO1. The second kappa shape index (κ2) is 30.7. The third-order valence-electron chi connectivity index (χ3n) is 19.4. The average Bonchev–Trinajstić information content (AvgIpc) is 1.28. The molecule has 6 fully saturated rings. The fraction of sp³-hybridized carbons (Fsp3) is 0.301. The van der Waals surface area contributed by atoms with Crippen molar-refractivity contribution in [2.45, 2.75) is 82.6 Å². The van der Waals surface area contributed by atoms with Gasteiger partial charge in [0.1, 0.15) is 111 Å². The van der Waals surface area contributed by atoms with Gasteiger partial charge in [0, 0.05) is 53.8 Å². The van der Waals surface area contributed by atoms with Crippen LogP contribution in [0.15, 0.2) is 182 Å². The molecule has 18 heteroatoms. The molecule has 0 N–H and O–H groups in total. The van der Waals surface area contributed by atoms with E-state index in [-0.39, 0.29) is 54.9 Å². The molecule has 0 radical (unpaired) electrons. The van der Waals surface area contributed by atoms with Crippen LogP contribution in [-0.4, -0.2) is 116 Å². The summed E-state index contributed by atoms with van der Waals surface area (Å²) in [6.07, 6.45) is 1.36. The summed E-state index contributed by atoms with van der Waals surface area (Å²) in [5, 5.41) is 15.7. The monoisotopic (exact) mass is 1460 g/mol. The summed E-state index contributed by atoms with van der Waals surface area (Å²) in [7, 11) is 17.0. The zero-order chi connectivity index (χ0) is 68.8. The van der Waals surface area contributed by atoms with E-state index in [1.807, 2.05) is 12.1 Å².